The van der Waals surface area contributed by atoms with Crippen LogP contribution in [0.15, 0.2) is 42.5 Å². The fourth-order valence-corrected chi connectivity index (χ4v) is 2.54. The summed E-state index contributed by atoms with van der Waals surface area (Å²) in [5.74, 6) is -0.183. The van der Waals surface area contributed by atoms with Gasteiger partial charge in [0, 0.05) is 5.02 Å². The van der Waals surface area contributed by atoms with Gasteiger partial charge in [-0.2, -0.15) is 0 Å². The second-order valence-corrected chi connectivity index (χ2v) is 5.21. The first kappa shape index (κ1) is 14.2. The van der Waals surface area contributed by atoms with E-state index in [4.69, 9.17) is 34.8 Å². The second kappa shape index (κ2) is 6.29. The van der Waals surface area contributed by atoms with Crippen LogP contribution in [0.5, 0.6) is 0 Å². The molecule has 0 aliphatic carbocycles. The summed E-state index contributed by atoms with van der Waals surface area (Å²) < 4.78 is 0. The van der Waals surface area contributed by atoms with Gasteiger partial charge < -0.3 is 5.32 Å². The van der Waals surface area contributed by atoms with Gasteiger partial charge in [0.05, 0.1) is 22.2 Å². The zero-order chi connectivity index (χ0) is 13.8. The average Bonchev–Trinajstić information content (AvgIpc) is 2.35. The molecule has 5 heteroatoms. The molecule has 0 heterocycles. The Morgan fingerprint density at radius 2 is 1.58 bits per heavy atom. The number of carbonyl (C=O) groups is 1. The summed E-state index contributed by atoms with van der Waals surface area (Å²) in [4.78, 5) is 11.9. The highest BCUT2D eigenvalue weighted by molar-refractivity contribution is 6.42. The Hall–Kier alpha value is -1.22. The van der Waals surface area contributed by atoms with Gasteiger partial charge in [-0.3, -0.25) is 4.79 Å². The number of carbonyl (C=O) groups excluding carboxylic acids is 1. The van der Waals surface area contributed by atoms with Crippen LogP contribution < -0.4 is 5.32 Å². The number of hydrogen-bond donors (Lipinski definition) is 1. The Kier molecular flexibility index (Phi) is 4.70. The molecule has 1 amide bonds. The summed E-state index contributed by atoms with van der Waals surface area (Å²) in [5, 5.41) is 3.76. The standard InChI is InChI=1S/C14H10Cl3NO/c15-10-7-11(16)14(12(17)8-10)18-13(19)6-9-4-2-1-3-5-9/h1-5,7-8H,6H2,(H,18,19). The first-order chi connectivity index (χ1) is 9.06. The first-order valence-corrected chi connectivity index (χ1v) is 6.68. The van der Waals surface area contributed by atoms with E-state index in [0.29, 0.717) is 20.8 Å². The molecule has 0 radical (unpaired) electrons. The van der Waals surface area contributed by atoms with Crippen LogP contribution in [0.4, 0.5) is 5.69 Å². The Bertz CT molecular complexity index is 576. The van der Waals surface area contributed by atoms with Crippen molar-refractivity contribution in [2.45, 2.75) is 6.42 Å². The minimum Gasteiger partial charge on any atom is -0.323 e. The van der Waals surface area contributed by atoms with E-state index >= 15 is 0 Å². The largest absolute Gasteiger partial charge is 0.323 e. The number of nitrogens with one attached hydrogen (secondary N) is 1. The van der Waals surface area contributed by atoms with Crippen LogP contribution in [0.25, 0.3) is 0 Å². The van der Waals surface area contributed by atoms with Crippen molar-refractivity contribution in [3.63, 3.8) is 0 Å². The number of amides is 1. The molecule has 2 rings (SSSR count). The molecule has 0 bridgehead atoms. The smallest absolute Gasteiger partial charge is 0.228 e. The van der Waals surface area contributed by atoms with Crippen LogP contribution in [-0.4, -0.2) is 5.91 Å². The lowest BCUT2D eigenvalue weighted by Gasteiger charge is -2.09. The van der Waals surface area contributed by atoms with E-state index in [1.165, 1.54) is 12.1 Å². The molecule has 1 N–H and O–H groups in total. The van der Waals surface area contributed by atoms with Crippen molar-refractivity contribution in [3.8, 4) is 0 Å². The van der Waals surface area contributed by atoms with Gasteiger partial charge in [-0.15, -0.1) is 0 Å². The zero-order valence-electron chi connectivity index (χ0n) is 9.79. The fraction of sp³-hybridized carbons (Fsp3) is 0.0714. The predicted molar refractivity (Wildman–Crippen MR) is 80.2 cm³/mol. The van der Waals surface area contributed by atoms with Gasteiger partial charge in [-0.1, -0.05) is 65.1 Å². The molecule has 0 aliphatic rings. The highest BCUT2D eigenvalue weighted by atomic mass is 35.5. The SMILES string of the molecule is O=C(Cc1ccccc1)Nc1c(Cl)cc(Cl)cc1Cl. The van der Waals surface area contributed by atoms with Crippen molar-refractivity contribution in [3.05, 3.63) is 63.1 Å². The number of rotatable bonds is 3. The van der Waals surface area contributed by atoms with Crippen LogP contribution in [0.2, 0.25) is 15.1 Å². The van der Waals surface area contributed by atoms with E-state index in [1.807, 2.05) is 30.3 Å². The molecule has 2 aromatic carbocycles. The van der Waals surface area contributed by atoms with Crippen molar-refractivity contribution in [1.82, 2.24) is 0 Å². The number of hydrogen-bond acceptors (Lipinski definition) is 1. The molecule has 0 saturated carbocycles. The Morgan fingerprint density at radius 1 is 1.00 bits per heavy atom. The van der Waals surface area contributed by atoms with Crippen molar-refractivity contribution < 1.29 is 4.79 Å². The fourth-order valence-electron chi connectivity index (χ4n) is 1.63. The normalized spacial score (nSPS) is 10.3. The molecular weight excluding hydrogens is 305 g/mol. The quantitative estimate of drug-likeness (QED) is 0.864. The maximum atomic E-state index is 11.9. The molecule has 0 fully saturated rings. The lowest BCUT2D eigenvalue weighted by Crippen LogP contribution is -2.15. The highest BCUT2D eigenvalue weighted by Crippen LogP contribution is 2.33. The van der Waals surface area contributed by atoms with Gasteiger partial charge in [0.2, 0.25) is 5.91 Å². The van der Waals surface area contributed by atoms with Crippen LogP contribution in [0.1, 0.15) is 5.56 Å². The molecular formula is C14H10Cl3NO. The van der Waals surface area contributed by atoms with Gasteiger partial charge in [0.1, 0.15) is 0 Å². The van der Waals surface area contributed by atoms with Gasteiger partial charge in [-0.25, -0.2) is 0 Å². The first-order valence-electron chi connectivity index (χ1n) is 5.54. The minimum absolute atomic E-state index is 0.183. The van der Waals surface area contributed by atoms with E-state index in [9.17, 15) is 4.79 Å². The number of benzene rings is 2. The minimum atomic E-state index is -0.183. The number of anilines is 1. The third-order valence-corrected chi connectivity index (χ3v) is 3.29. The molecule has 98 valence electrons. The highest BCUT2D eigenvalue weighted by Gasteiger charge is 2.11. The summed E-state index contributed by atoms with van der Waals surface area (Å²) >= 11 is 17.8. The Morgan fingerprint density at radius 3 is 2.16 bits per heavy atom. The van der Waals surface area contributed by atoms with Crippen molar-refractivity contribution in [2.75, 3.05) is 5.32 Å². The van der Waals surface area contributed by atoms with E-state index in [0.717, 1.165) is 5.56 Å². The maximum Gasteiger partial charge on any atom is 0.228 e. The molecule has 2 nitrogen and oxygen atoms in total. The molecule has 0 aliphatic heterocycles. The summed E-state index contributed by atoms with van der Waals surface area (Å²) in [6, 6.07) is 12.5. The lowest BCUT2D eigenvalue weighted by molar-refractivity contribution is -0.115. The third kappa shape index (κ3) is 3.87. The molecule has 19 heavy (non-hydrogen) atoms. The van der Waals surface area contributed by atoms with Gasteiger partial charge in [0.15, 0.2) is 0 Å². The van der Waals surface area contributed by atoms with E-state index in [2.05, 4.69) is 5.32 Å². The summed E-state index contributed by atoms with van der Waals surface area (Å²) in [6.45, 7) is 0. The Balaban J connectivity index is 2.12. The Labute approximate surface area is 126 Å². The molecule has 0 aromatic heterocycles. The van der Waals surface area contributed by atoms with Crippen molar-refractivity contribution in [1.29, 1.82) is 0 Å². The predicted octanol–water partition coefficient (Wildman–Crippen LogP) is 4.83. The molecule has 0 unspecified atom stereocenters. The number of halogens is 3. The molecule has 0 saturated heterocycles. The van der Waals surface area contributed by atoms with Gasteiger partial charge in [-0.05, 0) is 17.7 Å². The van der Waals surface area contributed by atoms with E-state index < -0.39 is 0 Å². The molecule has 0 spiro atoms. The molecule has 0 atom stereocenters. The topological polar surface area (TPSA) is 29.1 Å². The van der Waals surface area contributed by atoms with Crippen molar-refractivity contribution >= 4 is 46.4 Å². The van der Waals surface area contributed by atoms with Gasteiger partial charge >= 0.3 is 0 Å². The average molecular weight is 315 g/mol. The van der Waals surface area contributed by atoms with Crippen molar-refractivity contribution in [2.24, 2.45) is 0 Å². The molecule has 2 aromatic rings. The monoisotopic (exact) mass is 313 g/mol. The second-order valence-electron chi connectivity index (χ2n) is 3.95. The third-order valence-electron chi connectivity index (χ3n) is 2.48. The van der Waals surface area contributed by atoms with E-state index in [-0.39, 0.29) is 12.3 Å². The lowest BCUT2D eigenvalue weighted by atomic mass is 10.1. The zero-order valence-corrected chi connectivity index (χ0v) is 12.1. The van der Waals surface area contributed by atoms with E-state index in [1.54, 1.807) is 0 Å². The van der Waals surface area contributed by atoms with Crippen LogP contribution in [-0.2, 0) is 11.2 Å². The summed E-state index contributed by atoms with van der Waals surface area (Å²) in [6.07, 6.45) is 0.260. The van der Waals surface area contributed by atoms with Crippen LogP contribution in [0.3, 0.4) is 0 Å². The van der Waals surface area contributed by atoms with Crippen LogP contribution in [0, 0.1) is 0 Å². The van der Waals surface area contributed by atoms with Gasteiger partial charge in [0.25, 0.3) is 0 Å². The summed E-state index contributed by atoms with van der Waals surface area (Å²) in [5.41, 5.74) is 1.30. The summed E-state index contributed by atoms with van der Waals surface area (Å²) in [7, 11) is 0. The maximum absolute atomic E-state index is 11.9. The van der Waals surface area contributed by atoms with Crippen LogP contribution >= 0.6 is 34.8 Å².